The van der Waals surface area contributed by atoms with E-state index in [0.717, 1.165) is 0 Å². The van der Waals surface area contributed by atoms with Gasteiger partial charge in [0.15, 0.2) is 0 Å². The van der Waals surface area contributed by atoms with Gasteiger partial charge in [-0.1, -0.05) is 68.3 Å². The Hall–Kier alpha value is -1.30. The van der Waals surface area contributed by atoms with Crippen molar-refractivity contribution in [1.82, 2.24) is 0 Å². The lowest BCUT2D eigenvalue weighted by molar-refractivity contribution is 0.728. The molecule has 0 radical (unpaired) electrons. The zero-order chi connectivity index (χ0) is 11.2. The molecule has 0 amide bonds. The summed E-state index contributed by atoms with van der Waals surface area (Å²) in [5.74, 6) is 0.512. The highest BCUT2D eigenvalue weighted by Crippen LogP contribution is 2.30. The largest absolute Gasteiger partial charge is 0.0876 e. The molecule has 1 aromatic carbocycles. The zero-order valence-corrected chi connectivity index (χ0v) is 10.0. The fraction of sp³-hybridized carbons (Fsp3) is 0.375. The van der Waals surface area contributed by atoms with Gasteiger partial charge in [0.05, 0.1) is 0 Å². The van der Waals surface area contributed by atoms with Crippen LogP contribution in [0.2, 0.25) is 0 Å². The van der Waals surface area contributed by atoms with Crippen LogP contribution in [0.25, 0.3) is 6.08 Å². The highest BCUT2D eigenvalue weighted by Gasteiger charge is 2.12. The summed E-state index contributed by atoms with van der Waals surface area (Å²) in [5, 5.41) is 0. The Morgan fingerprint density at radius 1 is 1.19 bits per heavy atom. The van der Waals surface area contributed by atoms with Crippen molar-refractivity contribution < 1.29 is 0 Å². The van der Waals surface area contributed by atoms with Crippen LogP contribution in [0.1, 0.15) is 49.7 Å². The first kappa shape index (κ1) is 11.2. The average Bonchev–Trinajstić information content (AvgIpc) is 2.73. The molecular formula is C16H20. The van der Waals surface area contributed by atoms with Crippen molar-refractivity contribution in [2.75, 3.05) is 0 Å². The smallest absolute Gasteiger partial charge is 0.0207 e. The Morgan fingerprint density at radius 3 is 2.94 bits per heavy atom. The third-order valence-electron chi connectivity index (χ3n) is 3.16. The Kier molecular flexibility index (Phi) is 3.98. The van der Waals surface area contributed by atoms with Crippen LogP contribution in [-0.4, -0.2) is 0 Å². The van der Waals surface area contributed by atoms with E-state index in [0.29, 0.717) is 5.92 Å². The second-order valence-electron chi connectivity index (χ2n) is 4.44. The van der Waals surface area contributed by atoms with Gasteiger partial charge in [0.25, 0.3) is 0 Å². The Bertz CT molecular complexity index is 385. The second-order valence-corrected chi connectivity index (χ2v) is 4.44. The van der Waals surface area contributed by atoms with Gasteiger partial charge in [-0.05, 0) is 24.0 Å². The first-order valence-electron chi connectivity index (χ1n) is 6.35. The Balaban J connectivity index is 1.91. The minimum atomic E-state index is 0.512. The SMILES string of the molecule is CCCCC/C=C\C1C=Cc2ccccc21. The third kappa shape index (κ3) is 2.63. The van der Waals surface area contributed by atoms with Crippen LogP contribution in [0.4, 0.5) is 0 Å². The summed E-state index contributed by atoms with van der Waals surface area (Å²) in [6.07, 6.45) is 14.4. The summed E-state index contributed by atoms with van der Waals surface area (Å²) < 4.78 is 0. The van der Waals surface area contributed by atoms with E-state index in [4.69, 9.17) is 0 Å². The fourth-order valence-corrected chi connectivity index (χ4v) is 2.20. The lowest BCUT2D eigenvalue weighted by atomic mass is 10.00. The molecule has 1 unspecified atom stereocenters. The minimum Gasteiger partial charge on any atom is -0.0876 e. The van der Waals surface area contributed by atoms with Crippen molar-refractivity contribution >= 4 is 6.08 Å². The van der Waals surface area contributed by atoms with Gasteiger partial charge < -0.3 is 0 Å². The number of unbranched alkanes of at least 4 members (excludes halogenated alkanes) is 3. The van der Waals surface area contributed by atoms with Crippen molar-refractivity contribution in [2.45, 2.75) is 38.5 Å². The van der Waals surface area contributed by atoms with Crippen LogP contribution in [0, 0.1) is 0 Å². The fourth-order valence-electron chi connectivity index (χ4n) is 2.20. The highest BCUT2D eigenvalue weighted by atomic mass is 14.2. The molecule has 0 bridgehead atoms. The van der Waals surface area contributed by atoms with Crippen LogP contribution < -0.4 is 0 Å². The van der Waals surface area contributed by atoms with E-state index in [2.05, 4.69) is 55.5 Å². The standard InChI is InChI=1S/C16H20/c1-2-3-4-5-6-9-14-12-13-15-10-7-8-11-16(14)15/h6-14H,2-5H2,1H3/b9-6-. The predicted molar refractivity (Wildman–Crippen MR) is 71.5 cm³/mol. The van der Waals surface area contributed by atoms with Crippen molar-refractivity contribution in [3.63, 3.8) is 0 Å². The monoisotopic (exact) mass is 212 g/mol. The quantitative estimate of drug-likeness (QED) is 0.479. The number of benzene rings is 1. The molecular weight excluding hydrogens is 192 g/mol. The Morgan fingerprint density at radius 2 is 2.06 bits per heavy atom. The number of allylic oxidation sites excluding steroid dienone is 3. The minimum absolute atomic E-state index is 0.512. The van der Waals surface area contributed by atoms with Crippen molar-refractivity contribution in [3.05, 3.63) is 53.6 Å². The van der Waals surface area contributed by atoms with Crippen molar-refractivity contribution in [2.24, 2.45) is 0 Å². The molecule has 0 saturated heterocycles. The molecule has 0 N–H and O–H groups in total. The summed E-state index contributed by atoms with van der Waals surface area (Å²) in [7, 11) is 0. The average molecular weight is 212 g/mol. The van der Waals surface area contributed by atoms with Gasteiger partial charge in [-0.25, -0.2) is 0 Å². The van der Waals surface area contributed by atoms with E-state index in [1.54, 1.807) is 0 Å². The first-order chi connectivity index (χ1) is 7.92. The van der Waals surface area contributed by atoms with E-state index >= 15 is 0 Å². The van der Waals surface area contributed by atoms with E-state index in [-0.39, 0.29) is 0 Å². The molecule has 0 spiro atoms. The molecule has 1 aliphatic rings. The summed E-state index contributed by atoms with van der Waals surface area (Å²) in [4.78, 5) is 0. The molecule has 0 aliphatic heterocycles. The maximum atomic E-state index is 2.35. The molecule has 0 heterocycles. The van der Waals surface area contributed by atoms with E-state index in [1.807, 2.05) is 0 Å². The normalized spacial score (nSPS) is 18.2. The maximum absolute atomic E-state index is 2.35. The second kappa shape index (κ2) is 5.69. The van der Waals surface area contributed by atoms with Gasteiger partial charge >= 0.3 is 0 Å². The molecule has 84 valence electrons. The van der Waals surface area contributed by atoms with Gasteiger partial charge in [0.1, 0.15) is 0 Å². The third-order valence-corrected chi connectivity index (χ3v) is 3.16. The van der Waals surface area contributed by atoms with Gasteiger partial charge in [0.2, 0.25) is 0 Å². The van der Waals surface area contributed by atoms with E-state index < -0.39 is 0 Å². The van der Waals surface area contributed by atoms with Gasteiger partial charge in [-0.15, -0.1) is 0 Å². The topological polar surface area (TPSA) is 0 Å². The molecule has 1 aromatic rings. The van der Waals surface area contributed by atoms with Crippen molar-refractivity contribution in [3.8, 4) is 0 Å². The lowest BCUT2D eigenvalue weighted by Crippen LogP contribution is -1.87. The molecule has 0 heteroatoms. The van der Waals surface area contributed by atoms with Crippen LogP contribution >= 0.6 is 0 Å². The molecule has 0 saturated carbocycles. The van der Waals surface area contributed by atoms with Crippen LogP contribution in [0.5, 0.6) is 0 Å². The van der Waals surface area contributed by atoms with E-state index in [1.165, 1.54) is 36.8 Å². The van der Waals surface area contributed by atoms with Crippen LogP contribution in [-0.2, 0) is 0 Å². The summed E-state index contributed by atoms with van der Waals surface area (Å²) >= 11 is 0. The molecule has 0 fully saturated rings. The number of rotatable bonds is 5. The number of hydrogen-bond acceptors (Lipinski definition) is 0. The van der Waals surface area contributed by atoms with Crippen LogP contribution in [0.15, 0.2) is 42.5 Å². The van der Waals surface area contributed by atoms with Gasteiger partial charge in [-0.3, -0.25) is 0 Å². The molecule has 2 rings (SSSR count). The molecule has 1 aliphatic carbocycles. The van der Waals surface area contributed by atoms with E-state index in [9.17, 15) is 0 Å². The highest BCUT2D eigenvalue weighted by molar-refractivity contribution is 5.63. The number of fused-ring (bicyclic) bond motifs is 1. The predicted octanol–water partition coefficient (Wildman–Crippen LogP) is 4.93. The summed E-state index contributed by atoms with van der Waals surface area (Å²) in [6.45, 7) is 2.25. The Labute approximate surface area is 98.7 Å². The molecule has 0 aromatic heterocycles. The summed E-state index contributed by atoms with van der Waals surface area (Å²) in [6, 6.07) is 8.66. The maximum Gasteiger partial charge on any atom is 0.0207 e. The molecule has 16 heavy (non-hydrogen) atoms. The summed E-state index contributed by atoms with van der Waals surface area (Å²) in [5.41, 5.74) is 2.83. The van der Waals surface area contributed by atoms with Gasteiger partial charge in [0, 0.05) is 5.92 Å². The number of hydrogen-bond donors (Lipinski definition) is 0. The first-order valence-corrected chi connectivity index (χ1v) is 6.35. The van der Waals surface area contributed by atoms with Crippen molar-refractivity contribution in [1.29, 1.82) is 0 Å². The van der Waals surface area contributed by atoms with Gasteiger partial charge in [-0.2, -0.15) is 0 Å². The molecule has 1 atom stereocenters. The zero-order valence-electron chi connectivity index (χ0n) is 10.0. The van der Waals surface area contributed by atoms with Crippen LogP contribution in [0.3, 0.4) is 0 Å². The lowest BCUT2D eigenvalue weighted by Gasteiger charge is -2.04. The molecule has 0 nitrogen and oxygen atoms in total.